The van der Waals surface area contributed by atoms with Gasteiger partial charge in [-0.05, 0) is 49.3 Å². The van der Waals surface area contributed by atoms with Crippen LogP contribution in [0, 0.1) is 17.7 Å². The van der Waals surface area contributed by atoms with E-state index in [2.05, 4.69) is 5.32 Å². The molecule has 2 saturated carbocycles. The number of nitrogens with two attached hydrogens (primary N) is 1. The zero-order valence-electron chi connectivity index (χ0n) is 10.2. The molecule has 96 valence electrons. The zero-order chi connectivity index (χ0) is 12.7. The highest BCUT2D eigenvalue weighted by Gasteiger charge is 2.39. The van der Waals surface area contributed by atoms with Crippen molar-refractivity contribution in [3.63, 3.8) is 0 Å². The number of carbonyl (C=O) groups excluding carboxylic acids is 1. The van der Waals surface area contributed by atoms with Crippen LogP contribution in [0.15, 0.2) is 18.2 Å². The van der Waals surface area contributed by atoms with Gasteiger partial charge in [0.05, 0.1) is 5.56 Å². The van der Waals surface area contributed by atoms with Crippen LogP contribution in [0.4, 0.5) is 10.1 Å². The number of anilines is 1. The van der Waals surface area contributed by atoms with Crippen LogP contribution < -0.4 is 11.1 Å². The standard InChI is InChI=1S/C14H17FN2O/c15-12-4-3-10(7-11(12)14(16)18)17-13-6-8-1-2-9(13)5-8/h3-4,7-9,13,17H,1-2,5-6H2,(H2,16,18). The largest absolute Gasteiger partial charge is 0.382 e. The summed E-state index contributed by atoms with van der Waals surface area (Å²) in [6, 6.07) is 4.96. The van der Waals surface area contributed by atoms with Crippen LogP contribution in [-0.2, 0) is 0 Å². The van der Waals surface area contributed by atoms with E-state index in [9.17, 15) is 9.18 Å². The summed E-state index contributed by atoms with van der Waals surface area (Å²) >= 11 is 0. The van der Waals surface area contributed by atoms with Crippen LogP contribution in [0.25, 0.3) is 0 Å². The van der Waals surface area contributed by atoms with Gasteiger partial charge >= 0.3 is 0 Å². The Bertz CT molecular complexity index is 489. The Morgan fingerprint density at radius 1 is 1.33 bits per heavy atom. The monoisotopic (exact) mass is 248 g/mol. The van der Waals surface area contributed by atoms with E-state index in [1.54, 1.807) is 6.07 Å². The van der Waals surface area contributed by atoms with Crippen LogP contribution in [-0.4, -0.2) is 11.9 Å². The molecule has 0 spiro atoms. The molecule has 18 heavy (non-hydrogen) atoms. The van der Waals surface area contributed by atoms with Gasteiger partial charge in [-0.3, -0.25) is 4.79 Å². The first-order valence-electron chi connectivity index (χ1n) is 6.49. The van der Waals surface area contributed by atoms with Gasteiger partial charge < -0.3 is 11.1 Å². The van der Waals surface area contributed by atoms with Gasteiger partial charge in [0.1, 0.15) is 5.82 Å². The summed E-state index contributed by atoms with van der Waals surface area (Å²) in [4.78, 5) is 11.1. The van der Waals surface area contributed by atoms with E-state index in [-0.39, 0.29) is 5.56 Å². The number of nitrogens with one attached hydrogen (secondary N) is 1. The number of hydrogen-bond donors (Lipinski definition) is 2. The maximum atomic E-state index is 13.4. The molecule has 2 aliphatic rings. The van der Waals surface area contributed by atoms with Crippen molar-refractivity contribution in [1.82, 2.24) is 0 Å². The highest BCUT2D eigenvalue weighted by molar-refractivity contribution is 5.94. The zero-order valence-corrected chi connectivity index (χ0v) is 10.2. The topological polar surface area (TPSA) is 55.1 Å². The van der Waals surface area contributed by atoms with Gasteiger partial charge in [0.15, 0.2) is 0 Å². The van der Waals surface area contributed by atoms with Gasteiger partial charge in [-0.1, -0.05) is 6.42 Å². The van der Waals surface area contributed by atoms with Crippen molar-refractivity contribution < 1.29 is 9.18 Å². The molecule has 0 saturated heterocycles. The van der Waals surface area contributed by atoms with Gasteiger partial charge in [0.25, 0.3) is 5.91 Å². The van der Waals surface area contributed by atoms with Crippen molar-refractivity contribution in [3.05, 3.63) is 29.6 Å². The molecule has 4 heteroatoms. The first kappa shape index (κ1) is 11.5. The minimum atomic E-state index is -0.718. The van der Waals surface area contributed by atoms with Crippen molar-refractivity contribution in [2.45, 2.75) is 31.7 Å². The van der Waals surface area contributed by atoms with Crippen LogP contribution in [0.3, 0.4) is 0 Å². The minimum Gasteiger partial charge on any atom is -0.382 e. The fraction of sp³-hybridized carbons (Fsp3) is 0.500. The Kier molecular flexibility index (Phi) is 2.73. The van der Waals surface area contributed by atoms with Gasteiger partial charge in [0, 0.05) is 11.7 Å². The van der Waals surface area contributed by atoms with Crippen molar-refractivity contribution in [2.24, 2.45) is 17.6 Å². The fourth-order valence-corrected chi connectivity index (χ4v) is 3.44. The van der Waals surface area contributed by atoms with E-state index in [1.165, 1.54) is 37.8 Å². The molecular weight excluding hydrogens is 231 g/mol. The lowest BCUT2D eigenvalue weighted by atomic mass is 9.95. The fourth-order valence-electron chi connectivity index (χ4n) is 3.44. The van der Waals surface area contributed by atoms with E-state index in [0.717, 1.165) is 17.5 Å². The van der Waals surface area contributed by atoms with Crippen molar-refractivity contribution in [2.75, 3.05) is 5.32 Å². The maximum Gasteiger partial charge on any atom is 0.251 e. The predicted molar refractivity (Wildman–Crippen MR) is 67.8 cm³/mol. The van der Waals surface area contributed by atoms with Crippen molar-refractivity contribution in [1.29, 1.82) is 0 Å². The number of fused-ring (bicyclic) bond motifs is 2. The summed E-state index contributed by atoms with van der Waals surface area (Å²) in [5.41, 5.74) is 5.90. The molecule has 1 amide bonds. The first-order chi connectivity index (χ1) is 8.63. The molecule has 1 aromatic rings. The lowest BCUT2D eigenvalue weighted by Crippen LogP contribution is -2.26. The normalized spacial score (nSPS) is 29.5. The first-order valence-corrected chi connectivity index (χ1v) is 6.49. The molecule has 2 fully saturated rings. The van der Waals surface area contributed by atoms with Crippen molar-refractivity contribution >= 4 is 11.6 Å². The number of primary amides is 1. The minimum absolute atomic E-state index is 0.0387. The Morgan fingerprint density at radius 2 is 2.17 bits per heavy atom. The molecule has 2 aliphatic carbocycles. The smallest absolute Gasteiger partial charge is 0.251 e. The number of halogens is 1. The van der Waals surface area contributed by atoms with E-state index < -0.39 is 11.7 Å². The summed E-state index contributed by atoms with van der Waals surface area (Å²) in [7, 11) is 0. The highest BCUT2D eigenvalue weighted by atomic mass is 19.1. The molecular formula is C14H17FN2O. The highest BCUT2D eigenvalue weighted by Crippen LogP contribution is 2.45. The third-order valence-electron chi connectivity index (χ3n) is 4.32. The second-order valence-corrected chi connectivity index (χ2v) is 5.48. The second kappa shape index (κ2) is 4.26. The van der Waals surface area contributed by atoms with Crippen LogP contribution >= 0.6 is 0 Å². The van der Waals surface area contributed by atoms with Crippen molar-refractivity contribution in [3.8, 4) is 0 Å². The summed E-state index contributed by atoms with van der Waals surface area (Å²) in [5, 5.41) is 3.42. The number of benzene rings is 1. The Labute approximate surface area is 106 Å². The molecule has 3 unspecified atom stereocenters. The molecule has 3 atom stereocenters. The van der Waals surface area contributed by atoms with E-state index in [1.807, 2.05) is 0 Å². The lowest BCUT2D eigenvalue weighted by Gasteiger charge is -2.24. The summed E-state index contributed by atoms with van der Waals surface area (Å²) in [5.74, 6) is 0.311. The van der Waals surface area contributed by atoms with Crippen LogP contribution in [0.1, 0.15) is 36.0 Å². The molecule has 3 rings (SSSR count). The Hall–Kier alpha value is -1.58. The van der Waals surface area contributed by atoms with Crippen LogP contribution in [0.5, 0.6) is 0 Å². The van der Waals surface area contributed by atoms with E-state index in [0.29, 0.717) is 6.04 Å². The number of carbonyl (C=O) groups is 1. The number of amides is 1. The number of hydrogen-bond acceptors (Lipinski definition) is 2. The molecule has 3 N–H and O–H groups in total. The Balaban J connectivity index is 1.77. The average Bonchev–Trinajstić information content (AvgIpc) is 2.93. The average molecular weight is 248 g/mol. The van der Waals surface area contributed by atoms with Gasteiger partial charge in [-0.2, -0.15) is 0 Å². The van der Waals surface area contributed by atoms with Gasteiger partial charge in [-0.25, -0.2) is 4.39 Å². The summed E-state index contributed by atoms with van der Waals surface area (Å²) < 4.78 is 13.4. The van der Waals surface area contributed by atoms with Gasteiger partial charge in [0.2, 0.25) is 0 Å². The second-order valence-electron chi connectivity index (χ2n) is 5.48. The molecule has 0 radical (unpaired) electrons. The maximum absolute atomic E-state index is 13.4. The molecule has 0 aromatic heterocycles. The summed E-state index contributed by atoms with van der Waals surface area (Å²) in [6.07, 6.45) is 5.13. The third kappa shape index (κ3) is 1.96. The molecule has 0 heterocycles. The van der Waals surface area contributed by atoms with Gasteiger partial charge in [-0.15, -0.1) is 0 Å². The number of rotatable bonds is 3. The Morgan fingerprint density at radius 3 is 2.78 bits per heavy atom. The quantitative estimate of drug-likeness (QED) is 0.863. The SMILES string of the molecule is NC(=O)c1cc(NC2CC3CCC2C3)ccc1F. The van der Waals surface area contributed by atoms with E-state index >= 15 is 0 Å². The van der Waals surface area contributed by atoms with E-state index in [4.69, 9.17) is 5.73 Å². The molecule has 2 bridgehead atoms. The third-order valence-corrected chi connectivity index (χ3v) is 4.32. The lowest BCUT2D eigenvalue weighted by molar-refractivity contribution is 0.0996. The summed E-state index contributed by atoms with van der Waals surface area (Å²) in [6.45, 7) is 0. The predicted octanol–water partition coefficient (Wildman–Crippen LogP) is 2.53. The molecule has 3 nitrogen and oxygen atoms in total. The molecule has 1 aromatic carbocycles. The van der Waals surface area contributed by atoms with Crippen LogP contribution in [0.2, 0.25) is 0 Å². The molecule has 0 aliphatic heterocycles.